The van der Waals surface area contributed by atoms with Gasteiger partial charge in [-0.15, -0.1) is 0 Å². The van der Waals surface area contributed by atoms with E-state index in [1.807, 2.05) is 18.2 Å². The Morgan fingerprint density at radius 2 is 2.24 bits per heavy atom. The predicted octanol–water partition coefficient (Wildman–Crippen LogP) is 1.47. The molecule has 1 heterocycles. The van der Waals surface area contributed by atoms with Crippen LogP contribution in [0.2, 0.25) is 0 Å². The first-order valence-electron chi connectivity index (χ1n) is 5.96. The van der Waals surface area contributed by atoms with Crippen LogP contribution in [0.5, 0.6) is 5.75 Å². The molecule has 1 aliphatic rings. The summed E-state index contributed by atoms with van der Waals surface area (Å²) >= 11 is 0. The van der Waals surface area contributed by atoms with Gasteiger partial charge >= 0.3 is 0 Å². The summed E-state index contributed by atoms with van der Waals surface area (Å²) < 4.78 is 5.71. The van der Waals surface area contributed by atoms with Gasteiger partial charge in [0.2, 0.25) is 0 Å². The molecule has 1 atom stereocenters. The molecule has 1 aromatic carbocycles. The molecule has 4 nitrogen and oxygen atoms in total. The molecule has 0 amide bonds. The zero-order valence-electron chi connectivity index (χ0n) is 9.80. The van der Waals surface area contributed by atoms with E-state index in [0.29, 0.717) is 25.3 Å². The zero-order chi connectivity index (χ0) is 12.1. The zero-order valence-corrected chi connectivity index (χ0v) is 9.80. The molecule has 0 fully saturated rings. The van der Waals surface area contributed by atoms with Gasteiger partial charge in [0.15, 0.2) is 5.90 Å². The molecule has 0 bridgehead atoms. The Kier molecular flexibility index (Phi) is 3.98. The van der Waals surface area contributed by atoms with E-state index in [1.54, 1.807) is 6.07 Å². The van der Waals surface area contributed by atoms with Gasteiger partial charge in [0.05, 0.1) is 6.54 Å². The van der Waals surface area contributed by atoms with Crippen LogP contribution in [0.25, 0.3) is 0 Å². The molecular formula is C13H18N2O2. The number of nitrogens with two attached hydrogens (primary N) is 1. The lowest BCUT2D eigenvalue weighted by Crippen LogP contribution is -2.16. The normalized spacial score (nSPS) is 18.9. The van der Waals surface area contributed by atoms with Crippen LogP contribution in [0.4, 0.5) is 0 Å². The number of aromatic hydroxyl groups is 1. The van der Waals surface area contributed by atoms with Crippen molar-refractivity contribution in [2.75, 3.05) is 13.1 Å². The number of nitrogens with zero attached hydrogens (tertiary/aromatic N) is 1. The van der Waals surface area contributed by atoms with Crippen LogP contribution in [-0.2, 0) is 11.2 Å². The van der Waals surface area contributed by atoms with Crippen LogP contribution in [0, 0.1) is 0 Å². The summed E-state index contributed by atoms with van der Waals surface area (Å²) in [7, 11) is 0. The van der Waals surface area contributed by atoms with E-state index in [9.17, 15) is 5.11 Å². The summed E-state index contributed by atoms with van der Waals surface area (Å²) in [6.07, 6.45) is 2.47. The second-order valence-corrected chi connectivity index (χ2v) is 4.20. The van der Waals surface area contributed by atoms with Gasteiger partial charge in [-0.3, -0.25) is 4.99 Å². The Morgan fingerprint density at radius 3 is 3.00 bits per heavy atom. The molecule has 0 spiro atoms. The monoisotopic (exact) mass is 234 g/mol. The van der Waals surface area contributed by atoms with Crippen molar-refractivity contribution in [2.24, 2.45) is 10.7 Å². The van der Waals surface area contributed by atoms with Crippen LogP contribution >= 0.6 is 0 Å². The third-order valence-electron chi connectivity index (χ3n) is 2.81. The van der Waals surface area contributed by atoms with Gasteiger partial charge in [-0.25, -0.2) is 0 Å². The van der Waals surface area contributed by atoms with Gasteiger partial charge in [-0.05, 0) is 24.6 Å². The lowest BCUT2D eigenvalue weighted by atomic mass is 10.1. The Bertz CT molecular complexity index is 404. The van der Waals surface area contributed by atoms with Gasteiger partial charge in [-0.2, -0.15) is 0 Å². The van der Waals surface area contributed by atoms with Gasteiger partial charge in [-0.1, -0.05) is 18.2 Å². The van der Waals surface area contributed by atoms with E-state index in [0.717, 1.165) is 24.3 Å². The minimum Gasteiger partial charge on any atom is -0.508 e. The summed E-state index contributed by atoms with van der Waals surface area (Å²) in [6.45, 7) is 1.33. The average molecular weight is 234 g/mol. The van der Waals surface area contributed by atoms with E-state index in [1.165, 1.54) is 0 Å². The van der Waals surface area contributed by atoms with Crippen LogP contribution < -0.4 is 5.73 Å². The van der Waals surface area contributed by atoms with Crippen molar-refractivity contribution in [1.82, 2.24) is 0 Å². The minimum atomic E-state index is 0.0519. The van der Waals surface area contributed by atoms with Crippen LogP contribution in [-0.4, -0.2) is 30.2 Å². The molecule has 0 aromatic heterocycles. The molecule has 17 heavy (non-hydrogen) atoms. The largest absolute Gasteiger partial charge is 0.508 e. The molecule has 3 N–H and O–H groups in total. The molecule has 92 valence electrons. The molecule has 0 aliphatic carbocycles. The van der Waals surface area contributed by atoms with Crippen molar-refractivity contribution in [3.63, 3.8) is 0 Å². The first kappa shape index (κ1) is 11.9. The first-order valence-corrected chi connectivity index (χ1v) is 5.96. The van der Waals surface area contributed by atoms with Gasteiger partial charge in [0.25, 0.3) is 0 Å². The van der Waals surface area contributed by atoms with E-state index in [-0.39, 0.29) is 6.10 Å². The summed E-state index contributed by atoms with van der Waals surface area (Å²) in [5.74, 6) is 1.13. The fourth-order valence-electron chi connectivity index (χ4n) is 1.90. The van der Waals surface area contributed by atoms with Crippen LogP contribution in [0.3, 0.4) is 0 Å². The van der Waals surface area contributed by atoms with E-state index >= 15 is 0 Å². The van der Waals surface area contributed by atoms with Gasteiger partial charge < -0.3 is 15.6 Å². The highest BCUT2D eigenvalue weighted by molar-refractivity contribution is 5.77. The topological polar surface area (TPSA) is 67.8 Å². The third-order valence-corrected chi connectivity index (χ3v) is 2.81. The molecule has 4 heteroatoms. The van der Waals surface area contributed by atoms with Gasteiger partial charge in [0, 0.05) is 12.8 Å². The number of ether oxygens (including phenoxy) is 1. The maximum absolute atomic E-state index is 9.67. The Labute approximate surface area is 101 Å². The fourth-order valence-corrected chi connectivity index (χ4v) is 1.90. The average Bonchev–Trinajstić information content (AvgIpc) is 2.77. The Morgan fingerprint density at radius 1 is 1.41 bits per heavy atom. The molecule has 0 saturated carbocycles. The number of para-hydroxylation sites is 1. The standard InChI is InChI=1S/C13H18N2O2/c14-7-3-6-13-15-9-11(17-13)8-10-4-1-2-5-12(10)16/h1-2,4-5,11,16H,3,6-9,14H2. The molecule has 0 radical (unpaired) electrons. The van der Waals surface area contributed by atoms with Crippen molar-refractivity contribution in [2.45, 2.75) is 25.4 Å². The number of hydrogen-bond donors (Lipinski definition) is 2. The number of phenolic OH excluding ortho intramolecular Hbond substituents is 1. The highest BCUT2D eigenvalue weighted by Gasteiger charge is 2.20. The first-order chi connectivity index (χ1) is 8.29. The molecular weight excluding hydrogens is 216 g/mol. The second kappa shape index (κ2) is 5.68. The molecule has 1 aromatic rings. The van der Waals surface area contributed by atoms with E-state index in [2.05, 4.69) is 4.99 Å². The SMILES string of the molecule is NCCCC1=NCC(Cc2ccccc2O)O1. The number of hydrogen-bond acceptors (Lipinski definition) is 4. The quantitative estimate of drug-likeness (QED) is 0.810. The van der Waals surface area contributed by atoms with E-state index in [4.69, 9.17) is 10.5 Å². The van der Waals surface area contributed by atoms with E-state index < -0.39 is 0 Å². The molecule has 1 unspecified atom stereocenters. The molecule has 0 saturated heterocycles. The fraction of sp³-hybridized carbons (Fsp3) is 0.462. The van der Waals surface area contributed by atoms with Gasteiger partial charge in [0.1, 0.15) is 11.9 Å². The highest BCUT2D eigenvalue weighted by Crippen LogP contribution is 2.20. The summed E-state index contributed by atoms with van der Waals surface area (Å²) in [5, 5.41) is 9.67. The number of benzene rings is 1. The lowest BCUT2D eigenvalue weighted by Gasteiger charge is -2.12. The Balaban J connectivity index is 1.85. The molecule has 2 rings (SSSR count). The second-order valence-electron chi connectivity index (χ2n) is 4.20. The number of aliphatic imine (C=N–C) groups is 1. The van der Waals surface area contributed by atoms with Crippen molar-refractivity contribution < 1.29 is 9.84 Å². The van der Waals surface area contributed by atoms with Crippen LogP contribution in [0.15, 0.2) is 29.3 Å². The summed E-state index contributed by atoms with van der Waals surface area (Å²) in [5.41, 5.74) is 6.35. The molecule has 1 aliphatic heterocycles. The third kappa shape index (κ3) is 3.20. The number of rotatable bonds is 5. The van der Waals surface area contributed by atoms with Crippen LogP contribution in [0.1, 0.15) is 18.4 Å². The maximum atomic E-state index is 9.67. The lowest BCUT2D eigenvalue weighted by molar-refractivity contribution is 0.217. The maximum Gasteiger partial charge on any atom is 0.183 e. The minimum absolute atomic E-state index is 0.0519. The number of phenols is 1. The highest BCUT2D eigenvalue weighted by atomic mass is 16.5. The summed E-state index contributed by atoms with van der Waals surface area (Å²) in [6, 6.07) is 7.34. The van der Waals surface area contributed by atoms with Crippen molar-refractivity contribution in [3.05, 3.63) is 29.8 Å². The van der Waals surface area contributed by atoms with Crippen molar-refractivity contribution >= 4 is 5.90 Å². The summed E-state index contributed by atoms with van der Waals surface area (Å²) in [4.78, 5) is 4.34. The smallest absolute Gasteiger partial charge is 0.183 e. The Hall–Kier alpha value is -1.55. The van der Waals surface area contributed by atoms with Crippen molar-refractivity contribution in [3.8, 4) is 5.75 Å². The predicted molar refractivity (Wildman–Crippen MR) is 67.3 cm³/mol. The van der Waals surface area contributed by atoms with Crippen molar-refractivity contribution in [1.29, 1.82) is 0 Å².